The van der Waals surface area contributed by atoms with Gasteiger partial charge in [-0.1, -0.05) is 6.07 Å². The third-order valence-corrected chi connectivity index (χ3v) is 6.19. The quantitative estimate of drug-likeness (QED) is 0.789. The summed E-state index contributed by atoms with van der Waals surface area (Å²) in [7, 11) is 3.35. The van der Waals surface area contributed by atoms with Gasteiger partial charge >= 0.3 is 0 Å². The van der Waals surface area contributed by atoms with Gasteiger partial charge in [0.1, 0.15) is 13.2 Å². The van der Waals surface area contributed by atoms with Crippen LogP contribution in [-0.2, 0) is 0 Å². The van der Waals surface area contributed by atoms with E-state index >= 15 is 0 Å². The third-order valence-electron chi connectivity index (χ3n) is 6.19. The molecule has 0 unspecified atom stereocenters. The Balaban J connectivity index is 1.17. The molecule has 0 radical (unpaired) electrons. The van der Waals surface area contributed by atoms with E-state index in [9.17, 15) is 0 Å². The van der Waals surface area contributed by atoms with E-state index in [0.717, 1.165) is 61.2 Å². The monoisotopic (exact) mass is 408 g/mol. The molecule has 0 spiro atoms. The molecule has 1 fully saturated rings. The molecule has 0 saturated carbocycles. The first kappa shape index (κ1) is 19.1. The molecule has 30 heavy (non-hydrogen) atoms. The molecule has 0 aromatic heterocycles. The second-order valence-electron chi connectivity index (χ2n) is 7.91. The van der Waals surface area contributed by atoms with Crippen LogP contribution < -0.4 is 29.2 Å². The molecule has 1 saturated heterocycles. The predicted molar refractivity (Wildman–Crippen MR) is 118 cm³/mol. The zero-order valence-electron chi connectivity index (χ0n) is 17.6. The molecule has 2 heterocycles. The Morgan fingerprint density at radius 2 is 1.80 bits per heavy atom. The molecule has 2 aromatic rings. The summed E-state index contributed by atoms with van der Waals surface area (Å²) < 4.78 is 22.5. The Hall–Kier alpha value is -2.86. The van der Waals surface area contributed by atoms with E-state index in [2.05, 4.69) is 34.5 Å². The van der Waals surface area contributed by atoms with Gasteiger partial charge < -0.3 is 29.2 Å². The van der Waals surface area contributed by atoms with Crippen LogP contribution in [0.3, 0.4) is 0 Å². The normalized spacial score (nSPS) is 17.7. The zero-order valence-corrected chi connectivity index (χ0v) is 17.6. The largest absolute Gasteiger partial charge is 0.493 e. The number of benzene rings is 2. The van der Waals surface area contributed by atoms with Crippen LogP contribution in [-0.4, -0.2) is 53.1 Å². The van der Waals surface area contributed by atoms with Gasteiger partial charge in [0.05, 0.1) is 19.9 Å². The molecule has 158 valence electrons. The fourth-order valence-corrected chi connectivity index (χ4v) is 4.51. The first-order valence-electron chi connectivity index (χ1n) is 10.6. The third kappa shape index (κ3) is 3.45. The molecule has 2 aliphatic heterocycles. The summed E-state index contributed by atoms with van der Waals surface area (Å²) >= 11 is 0. The summed E-state index contributed by atoms with van der Waals surface area (Å²) in [4.78, 5) is 2.42. The van der Waals surface area contributed by atoms with Gasteiger partial charge in [-0.05, 0) is 59.9 Å². The fraction of sp³-hybridized carbons (Fsp3) is 0.417. The van der Waals surface area contributed by atoms with Crippen LogP contribution in [0, 0.1) is 0 Å². The lowest BCUT2D eigenvalue weighted by Crippen LogP contribution is -2.43. The number of piperidine rings is 1. The second-order valence-corrected chi connectivity index (χ2v) is 7.91. The Bertz CT molecular complexity index is 964. The van der Waals surface area contributed by atoms with Gasteiger partial charge in [-0.2, -0.15) is 0 Å². The summed E-state index contributed by atoms with van der Waals surface area (Å²) in [5, 5.41) is 3.74. The van der Waals surface area contributed by atoms with Gasteiger partial charge in [-0.3, -0.25) is 0 Å². The SMILES string of the molecule is COc1cc2c(cc1OC)C(CNC1CCN(c3cccc4c3OCCO4)CC1)=C2. The van der Waals surface area contributed by atoms with Crippen LogP contribution in [0.1, 0.15) is 24.0 Å². The van der Waals surface area contributed by atoms with Crippen LogP contribution in [0.15, 0.2) is 30.3 Å². The Morgan fingerprint density at radius 3 is 2.60 bits per heavy atom. The molecular weight excluding hydrogens is 380 g/mol. The highest BCUT2D eigenvalue weighted by Gasteiger charge is 2.26. The van der Waals surface area contributed by atoms with Crippen molar-refractivity contribution < 1.29 is 18.9 Å². The maximum absolute atomic E-state index is 5.90. The van der Waals surface area contributed by atoms with Crippen molar-refractivity contribution in [3.63, 3.8) is 0 Å². The summed E-state index contributed by atoms with van der Waals surface area (Å²) in [6.45, 7) is 4.15. The van der Waals surface area contributed by atoms with Crippen molar-refractivity contribution in [1.29, 1.82) is 0 Å². The number of nitrogens with zero attached hydrogens (tertiary/aromatic N) is 1. The molecule has 6 heteroatoms. The van der Waals surface area contributed by atoms with Gasteiger partial charge in [0.15, 0.2) is 23.0 Å². The highest BCUT2D eigenvalue weighted by molar-refractivity contribution is 5.97. The first-order valence-corrected chi connectivity index (χ1v) is 10.6. The molecule has 0 bridgehead atoms. The number of nitrogens with one attached hydrogen (secondary N) is 1. The maximum atomic E-state index is 5.90. The number of methoxy groups -OCH3 is 2. The molecule has 1 N–H and O–H groups in total. The molecule has 6 nitrogen and oxygen atoms in total. The molecule has 5 rings (SSSR count). The number of rotatable bonds is 6. The Labute approximate surface area is 177 Å². The number of fused-ring (bicyclic) bond motifs is 2. The highest BCUT2D eigenvalue weighted by atomic mass is 16.6. The zero-order chi connectivity index (χ0) is 20.5. The minimum atomic E-state index is 0.517. The van der Waals surface area contributed by atoms with Crippen molar-refractivity contribution in [3.8, 4) is 23.0 Å². The summed E-state index contributed by atoms with van der Waals surface area (Å²) in [6.07, 6.45) is 4.44. The van der Waals surface area contributed by atoms with Crippen molar-refractivity contribution in [2.75, 3.05) is 52.0 Å². The fourth-order valence-electron chi connectivity index (χ4n) is 4.51. The van der Waals surface area contributed by atoms with E-state index in [1.54, 1.807) is 14.2 Å². The topological polar surface area (TPSA) is 52.2 Å². The second kappa shape index (κ2) is 8.11. The van der Waals surface area contributed by atoms with Crippen LogP contribution >= 0.6 is 0 Å². The summed E-state index contributed by atoms with van der Waals surface area (Å²) in [5.74, 6) is 3.33. The molecule has 2 aromatic carbocycles. The van der Waals surface area contributed by atoms with Gasteiger partial charge in [-0.25, -0.2) is 0 Å². The number of para-hydroxylation sites is 1. The molecule has 3 aliphatic rings. The highest BCUT2D eigenvalue weighted by Crippen LogP contribution is 2.41. The van der Waals surface area contributed by atoms with E-state index in [4.69, 9.17) is 18.9 Å². The lowest BCUT2D eigenvalue weighted by atomic mass is 9.87. The van der Waals surface area contributed by atoms with Gasteiger partial charge in [0.25, 0.3) is 0 Å². The lowest BCUT2D eigenvalue weighted by Gasteiger charge is -2.36. The van der Waals surface area contributed by atoms with Gasteiger partial charge in [-0.15, -0.1) is 0 Å². The van der Waals surface area contributed by atoms with E-state index in [0.29, 0.717) is 19.3 Å². The molecule has 1 aliphatic carbocycles. The van der Waals surface area contributed by atoms with E-state index in [1.807, 2.05) is 12.1 Å². The van der Waals surface area contributed by atoms with Crippen LogP contribution in [0.2, 0.25) is 0 Å². The van der Waals surface area contributed by atoms with Crippen molar-refractivity contribution in [2.24, 2.45) is 0 Å². The van der Waals surface area contributed by atoms with Gasteiger partial charge in [0, 0.05) is 25.7 Å². The number of hydrogen-bond donors (Lipinski definition) is 1. The molecular formula is C24H28N2O4. The minimum absolute atomic E-state index is 0.517. The van der Waals surface area contributed by atoms with Crippen LogP contribution in [0.25, 0.3) is 11.6 Å². The minimum Gasteiger partial charge on any atom is -0.493 e. The van der Waals surface area contributed by atoms with Crippen molar-refractivity contribution >= 4 is 17.3 Å². The number of ether oxygens (including phenoxy) is 4. The van der Waals surface area contributed by atoms with Crippen molar-refractivity contribution in [2.45, 2.75) is 18.9 Å². The number of anilines is 1. The Kier molecular flexibility index (Phi) is 5.17. The molecule has 0 amide bonds. The first-order chi connectivity index (χ1) is 14.8. The van der Waals surface area contributed by atoms with Crippen molar-refractivity contribution in [3.05, 3.63) is 41.5 Å². The standard InChI is InChI=1S/C24H28N2O4/c1-27-22-13-16-12-17(19(16)14-23(22)28-2)15-25-18-6-8-26(9-7-18)20-4-3-5-21-24(20)30-11-10-29-21/h3-5,12-14,18,25H,6-11,15H2,1-2H3. The summed E-state index contributed by atoms with van der Waals surface area (Å²) in [6, 6.07) is 10.8. The van der Waals surface area contributed by atoms with E-state index < -0.39 is 0 Å². The van der Waals surface area contributed by atoms with E-state index in [1.165, 1.54) is 16.7 Å². The van der Waals surface area contributed by atoms with Crippen molar-refractivity contribution in [1.82, 2.24) is 5.32 Å². The van der Waals surface area contributed by atoms with Crippen LogP contribution in [0.4, 0.5) is 5.69 Å². The average molecular weight is 408 g/mol. The average Bonchev–Trinajstić information content (AvgIpc) is 2.79. The number of hydrogen-bond acceptors (Lipinski definition) is 6. The lowest BCUT2D eigenvalue weighted by molar-refractivity contribution is 0.172. The maximum Gasteiger partial charge on any atom is 0.184 e. The smallest absolute Gasteiger partial charge is 0.184 e. The van der Waals surface area contributed by atoms with Crippen LogP contribution in [0.5, 0.6) is 23.0 Å². The molecule has 0 atom stereocenters. The predicted octanol–water partition coefficient (Wildman–Crippen LogP) is 3.59. The van der Waals surface area contributed by atoms with Gasteiger partial charge in [0.2, 0.25) is 0 Å². The van der Waals surface area contributed by atoms with E-state index in [-0.39, 0.29) is 0 Å². The Morgan fingerprint density at radius 1 is 1.03 bits per heavy atom. The summed E-state index contributed by atoms with van der Waals surface area (Å²) in [5.41, 5.74) is 4.96.